The van der Waals surface area contributed by atoms with Crippen LogP contribution in [0.25, 0.3) is 11.5 Å². The molecule has 0 bridgehead atoms. The molecule has 0 aliphatic rings. The van der Waals surface area contributed by atoms with Crippen molar-refractivity contribution in [3.8, 4) is 11.5 Å². The molecule has 2 aromatic rings. The van der Waals surface area contributed by atoms with Crippen LogP contribution in [0.3, 0.4) is 0 Å². The summed E-state index contributed by atoms with van der Waals surface area (Å²) in [7, 11) is 0. The first-order chi connectivity index (χ1) is 9.54. The summed E-state index contributed by atoms with van der Waals surface area (Å²) in [5, 5.41) is 24.6. The monoisotopic (exact) mass is 277 g/mol. The Labute approximate surface area is 115 Å². The number of para-hydroxylation sites is 1. The number of hydrogen-bond donors (Lipinski definition) is 1. The molecule has 0 saturated heterocycles. The van der Waals surface area contributed by atoms with E-state index in [1.54, 1.807) is 25.1 Å². The van der Waals surface area contributed by atoms with Gasteiger partial charge in [-0.2, -0.15) is 4.98 Å². The number of nitro groups is 1. The van der Waals surface area contributed by atoms with Crippen LogP contribution in [-0.4, -0.2) is 20.2 Å². The minimum Gasteiger partial charge on any atom is -0.385 e. The van der Waals surface area contributed by atoms with E-state index in [0.717, 1.165) is 6.42 Å². The minimum atomic E-state index is -0.818. The van der Waals surface area contributed by atoms with E-state index in [1.165, 1.54) is 0 Å². The number of benzene rings is 1. The van der Waals surface area contributed by atoms with E-state index in [-0.39, 0.29) is 23.0 Å². The van der Waals surface area contributed by atoms with Crippen molar-refractivity contribution in [2.24, 2.45) is 0 Å². The normalized spacial score (nSPS) is 12.3. The fourth-order valence-corrected chi connectivity index (χ4v) is 1.96. The van der Waals surface area contributed by atoms with E-state index < -0.39 is 11.0 Å². The zero-order valence-electron chi connectivity index (χ0n) is 11.2. The van der Waals surface area contributed by atoms with Gasteiger partial charge in [-0.1, -0.05) is 30.6 Å². The molecule has 20 heavy (non-hydrogen) atoms. The number of aliphatic hydroxyl groups is 1. The van der Waals surface area contributed by atoms with Gasteiger partial charge in [-0.25, -0.2) is 0 Å². The third-order valence-electron chi connectivity index (χ3n) is 2.95. The van der Waals surface area contributed by atoms with Gasteiger partial charge in [0.1, 0.15) is 11.7 Å². The summed E-state index contributed by atoms with van der Waals surface area (Å²) in [6.45, 7) is 3.57. The highest BCUT2D eigenvalue weighted by Crippen LogP contribution is 2.32. The lowest BCUT2D eigenvalue weighted by molar-refractivity contribution is -0.384. The van der Waals surface area contributed by atoms with Crippen molar-refractivity contribution in [1.82, 2.24) is 10.1 Å². The predicted molar refractivity (Wildman–Crippen MR) is 71.0 cm³/mol. The van der Waals surface area contributed by atoms with Crippen molar-refractivity contribution in [3.63, 3.8) is 0 Å². The first-order valence-electron chi connectivity index (χ1n) is 6.30. The summed E-state index contributed by atoms with van der Waals surface area (Å²) in [5.41, 5.74) is 0.714. The smallest absolute Gasteiger partial charge is 0.285 e. The van der Waals surface area contributed by atoms with E-state index in [1.807, 2.05) is 6.92 Å². The molecule has 0 aliphatic carbocycles. The molecule has 2 rings (SSSR count). The van der Waals surface area contributed by atoms with Gasteiger partial charge in [0.2, 0.25) is 5.82 Å². The molecular weight excluding hydrogens is 262 g/mol. The van der Waals surface area contributed by atoms with Crippen LogP contribution in [0.15, 0.2) is 22.7 Å². The van der Waals surface area contributed by atoms with Gasteiger partial charge in [0.15, 0.2) is 0 Å². The molecule has 1 aromatic heterocycles. The molecule has 1 unspecified atom stereocenters. The van der Waals surface area contributed by atoms with Gasteiger partial charge in [-0.3, -0.25) is 10.1 Å². The average molecular weight is 277 g/mol. The summed E-state index contributed by atoms with van der Waals surface area (Å²) < 4.78 is 5.04. The molecule has 0 amide bonds. The van der Waals surface area contributed by atoms with Crippen LogP contribution in [0, 0.1) is 17.0 Å². The number of nitrogens with zero attached hydrogens (tertiary/aromatic N) is 3. The zero-order valence-corrected chi connectivity index (χ0v) is 11.2. The van der Waals surface area contributed by atoms with Gasteiger partial charge in [-0.15, -0.1) is 0 Å². The lowest BCUT2D eigenvalue weighted by atomic mass is 10.1. The van der Waals surface area contributed by atoms with Gasteiger partial charge in [0.25, 0.3) is 11.6 Å². The molecule has 7 nitrogen and oxygen atoms in total. The fraction of sp³-hybridized carbons (Fsp3) is 0.385. The number of aliphatic hydroxyl groups excluding tert-OH is 1. The van der Waals surface area contributed by atoms with Gasteiger partial charge in [0, 0.05) is 5.56 Å². The van der Waals surface area contributed by atoms with Gasteiger partial charge in [0.05, 0.1) is 4.92 Å². The Balaban J connectivity index is 2.43. The lowest BCUT2D eigenvalue weighted by Crippen LogP contribution is -1.99. The van der Waals surface area contributed by atoms with E-state index in [9.17, 15) is 15.2 Å². The van der Waals surface area contributed by atoms with Crippen LogP contribution >= 0.6 is 0 Å². The van der Waals surface area contributed by atoms with Crippen molar-refractivity contribution in [2.75, 3.05) is 0 Å². The summed E-state index contributed by atoms with van der Waals surface area (Å²) in [4.78, 5) is 14.7. The third-order valence-corrected chi connectivity index (χ3v) is 2.95. The van der Waals surface area contributed by atoms with Crippen molar-refractivity contribution in [2.45, 2.75) is 32.8 Å². The lowest BCUT2D eigenvalue weighted by Gasteiger charge is -2.02. The largest absolute Gasteiger partial charge is 0.385 e. The number of aryl methyl sites for hydroxylation is 1. The quantitative estimate of drug-likeness (QED) is 0.665. The maximum Gasteiger partial charge on any atom is 0.285 e. The summed E-state index contributed by atoms with van der Waals surface area (Å²) in [5.74, 6) is 0.197. The van der Waals surface area contributed by atoms with Crippen molar-refractivity contribution >= 4 is 5.69 Å². The molecule has 106 valence electrons. The first-order valence-corrected chi connectivity index (χ1v) is 6.30. The second-order valence-corrected chi connectivity index (χ2v) is 4.49. The molecule has 1 atom stereocenters. The van der Waals surface area contributed by atoms with E-state index in [4.69, 9.17) is 4.52 Å². The Morgan fingerprint density at radius 2 is 2.25 bits per heavy atom. The van der Waals surface area contributed by atoms with Gasteiger partial charge < -0.3 is 9.63 Å². The topological polar surface area (TPSA) is 102 Å². The predicted octanol–water partition coefficient (Wildman–Crippen LogP) is 2.79. The van der Waals surface area contributed by atoms with Crippen LogP contribution in [0.4, 0.5) is 5.69 Å². The molecule has 0 fully saturated rings. The number of aromatic nitrogens is 2. The molecule has 1 N–H and O–H groups in total. The summed E-state index contributed by atoms with van der Waals surface area (Å²) >= 11 is 0. The zero-order chi connectivity index (χ0) is 14.7. The van der Waals surface area contributed by atoms with E-state index in [2.05, 4.69) is 10.1 Å². The molecule has 7 heteroatoms. The standard InChI is InChI=1S/C13H15N3O4/c1-3-5-10(17)12-14-13(20-15-12)9-7-4-6-8(2)11(9)16(18)19/h4,6-7,10,17H,3,5H2,1-2H3. The molecule has 0 aliphatic heterocycles. The molecule has 1 aromatic carbocycles. The SMILES string of the molecule is CCCC(O)c1noc(-c2cccc(C)c2[N+](=O)[O-])n1. The van der Waals surface area contributed by atoms with Crippen molar-refractivity contribution in [3.05, 3.63) is 39.7 Å². The molecule has 0 radical (unpaired) electrons. The van der Waals surface area contributed by atoms with E-state index >= 15 is 0 Å². The Morgan fingerprint density at radius 1 is 1.50 bits per heavy atom. The highest BCUT2D eigenvalue weighted by atomic mass is 16.6. The molecular formula is C13H15N3O4. The Hall–Kier alpha value is -2.28. The highest BCUT2D eigenvalue weighted by molar-refractivity contribution is 5.69. The number of nitro benzene ring substituents is 1. The van der Waals surface area contributed by atoms with Crippen molar-refractivity contribution in [1.29, 1.82) is 0 Å². The molecule has 0 spiro atoms. The Kier molecular flexibility index (Phi) is 4.09. The highest BCUT2D eigenvalue weighted by Gasteiger charge is 2.24. The average Bonchev–Trinajstić information content (AvgIpc) is 2.87. The summed E-state index contributed by atoms with van der Waals surface area (Å²) in [6, 6.07) is 4.88. The maximum atomic E-state index is 11.1. The van der Waals surface area contributed by atoms with E-state index in [0.29, 0.717) is 12.0 Å². The second-order valence-electron chi connectivity index (χ2n) is 4.49. The molecule has 1 heterocycles. The molecule has 0 saturated carbocycles. The second kappa shape index (κ2) is 5.79. The van der Waals surface area contributed by atoms with Crippen LogP contribution in [-0.2, 0) is 0 Å². The van der Waals surface area contributed by atoms with Gasteiger partial charge >= 0.3 is 0 Å². The summed E-state index contributed by atoms with van der Waals surface area (Å²) in [6.07, 6.45) is 0.464. The third kappa shape index (κ3) is 2.67. The Morgan fingerprint density at radius 3 is 2.90 bits per heavy atom. The van der Waals surface area contributed by atoms with Crippen LogP contribution in [0.2, 0.25) is 0 Å². The fourth-order valence-electron chi connectivity index (χ4n) is 1.96. The number of rotatable bonds is 5. The van der Waals surface area contributed by atoms with Gasteiger partial charge in [-0.05, 0) is 19.4 Å². The van der Waals surface area contributed by atoms with Crippen LogP contribution < -0.4 is 0 Å². The minimum absolute atomic E-state index is 0.0468. The van der Waals surface area contributed by atoms with Crippen LogP contribution in [0.1, 0.15) is 37.3 Å². The van der Waals surface area contributed by atoms with Crippen molar-refractivity contribution < 1.29 is 14.6 Å². The maximum absolute atomic E-state index is 11.1. The first kappa shape index (κ1) is 14.1. The Bertz CT molecular complexity index is 624. The number of hydrogen-bond acceptors (Lipinski definition) is 6. The van der Waals surface area contributed by atoms with Crippen LogP contribution in [0.5, 0.6) is 0 Å².